The topological polar surface area (TPSA) is 73.9 Å². The Balaban J connectivity index is 1.93. The Morgan fingerprint density at radius 3 is 2.29 bits per heavy atom. The number of rotatable bonds is 7. The highest BCUT2D eigenvalue weighted by Gasteiger charge is 2.34. The predicted octanol–water partition coefficient (Wildman–Crippen LogP) is 3.66. The minimum absolute atomic E-state index is 0.304. The van der Waals surface area contributed by atoms with Crippen LogP contribution >= 0.6 is 0 Å². The van der Waals surface area contributed by atoms with Gasteiger partial charge < -0.3 is 19.5 Å². The molecule has 6 nitrogen and oxygen atoms in total. The van der Waals surface area contributed by atoms with Gasteiger partial charge in [-0.1, -0.05) is 24.3 Å². The summed E-state index contributed by atoms with van der Waals surface area (Å²) in [6.07, 6.45) is -5.96. The van der Waals surface area contributed by atoms with E-state index in [1.807, 2.05) is 0 Å². The summed E-state index contributed by atoms with van der Waals surface area (Å²) in [7, 11) is 1.44. The molecule has 0 saturated carbocycles. The normalized spacial score (nSPS) is 12.0. The lowest BCUT2D eigenvalue weighted by Crippen LogP contribution is -2.32. The van der Waals surface area contributed by atoms with Gasteiger partial charge in [-0.2, -0.15) is 13.2 Å². The second-order valence-electron chi connectivity index (χ2n) is 5.60. The van der Waals surface area contributed by atoms with Crippen molar-refractivity contribution in [1.82, 2.24) is 0 Å². The van der Waals surface area contributed by atoms with Gasteiger partial charge in [0.05, 0.1) is 18.4 Å². The van der Waals surface area contributed by atoms with Crippen molar-refractivity contribution >= 4 is 17.6 Å². The molecule has 0 radical (unpaired) electrons. The number of halogens is 3. The molecule has 1 amide bonds. The maximum atomic E-state index is 13.0. The van der Waals surface area contributed by atoms with Crippen LogP contribution in [-0.4, -0.2) is 31.7 Å². The molecule has 9 heteroatoms. The Morgan fingerprint density at radius 2 is 1.64 bits per heavy atom. The number of hydrogen-bond donors (Lipinski definition) is 1. The molecule has 0 saturated heterocycles. The maximum absolute atomic E-state index is 13.0. The number of methoxy groups -OCH3 is 1. The molecule has 1 atom stereocenters. The number of hydrogen-bond acceptors (Lipinski definition) is 5. The Labute approximate surface area is 159 Å². The Hall–Kier alpha value is -3.23. The van der Waals surface area contributed by atoms with Crippen LogP contribution < -0.4 is 14.8 Å². The highest BCUT2D eigenvalue weighted by molar-refractivity contribution is 5.95. The van der Waals surface area contributed by atoms with Crippen molar-refractivity contribution in [1.29, 1.82) is 0 Å². The average molecular weight is 397 g/mol. The summed E-state index contributed by atoms with van der Waals surface area (Å²) in [6, 6.07) is 11.1. The number of benzene rings is 2. The van der Waals surface area contributed by atoms with Crippen molar-refractivity contribution < 1.29 is 37.0 Å². The lowest BCUT2D eigenvalue weighted by molar-refractivity contribution is -0.155. The van der Waals surface area contributed by atoms with Gasteiger partial charge in [-0.05, 0) is 31.2 Å². The SMILES string of the molecule is COc1ccccc1OCC(=O)OC(C)C(=O)Nc1ccccc1C(F)(F)F. The molecule has 150 valence electrons. The molecule has 0 aliphatic carbocycles. The minimum Gasteiger partial charge on any atom is -0.493 e. The summed E-state index contributed by atoms with van der Waals surface area (Å²) in [5.41, 5.74) is -1.42. The molecule has 1 N–H and O–H groups in total. The molecule has 2 aromatic carbocycles. The van der Waals surface area contributed by atoms with E-state index in [2.05, 4.69) is 5.32 Å². The van der Waals surface area contributed by atoms with Crippen LogP contribution in [0.2, 0.25) is 0 Å². The Bertz CT molecular complexity index is 838. The van der Waals surface area contributed by atoms with Crippen LogP contribution in [0.25, 0.3) is 0 Å². The van der Waals surface area contributed by atoms with Crippen LogP contribution in [0.4, 0.5) is 18.9 Å². The fraction of sp³-hybridized carbons (Fsp3) is 0.263. The van der Waals surface area contributed by atoms with E-state index < -0.39 is 42.0 Å². The van der Waals surface area contributed by atoms with Crippen LogP contribution in [0.15, 0.2) is 48.5 Å². The molecule has 0 fully saturated rings. The standard InChI is InChI=1S/C19H18F3NO5/c1-12(18(25)23-14-8-4-3-7-13(14)19(20,21)22)28-17(24)11-27-16-10-6-5-9-15(16)26-2/h3-10,12H,11H2,1-2H3,(H,23,25). The van der Waals surface area contributed by atoms with E-state index in [1.54, 1.807) is 24.3 Å². The monoisotopic (exact) mass is 397 g/mol. The fourth-order valence-corrected chi connectivity index (χ4v) is 2.23. The number of alkyl halides is 3. The van der Waals surface area contributed by atoms with E-state index in [0.717, 1.165) is 12.1 Å². The molecule has 0 heterocycles. The van der Waals surface area contributed by atoms with Gasteiger partial charge >= 0.3 is 12.1 Å². The first kappa shape index (κ1) is 21.1. The average Bonchev–Trinajstić information content (AvgIpc) is 2.66. The fourth-order valence-electron chi connectivity index (χ4n) is 2.23. The summed E-state index contributed by atoms with van der Waals surface area (Å²) < 4.78 is 54.2. The Kier molecular flexibility index (Phi) is 6.86. The first-order valence-corrected chi connectivity index (χ1v) is 8.14. The smallest absolute Gasteiger partial charge is 0.418 e. The first-order valence-electron chi connectivity index (χ1n) is 8.14. The second-order valence-corrected chi connectivity index (χ2v) is 5.60. The lowest BCUT2D eigenvalue weighted by atomic mass is 10.1. The lowest BCUT2D eigenvalue weighted by Gasteiger charge is -2.17. The molecule has 28 heavy (non-hydrogen) atoms. The van der Waals surface area contributed by atoms with E-state index in [9.17, 15) is 22.8 Å². The van der Waals surface area contributed by atoms with Crippen LogP contribution in [0.5, 0.6) is 11.5 Å². The highest BCUT2D eigenvalue weighted by atomic mass is 19.4. The van der Waals surface area contributed by atoms with E-state index >= 15 is 0 Å². The molecule has 0 spiro atoms. The van der Waals surface area contributed by atoms with Gasteiger partial charge in [-0.25, -0.2) is 4.79 Å². The number of esters is 1. The van der Waals surface area contributed by atoms with Crippen molar-refractivity contribution in [2.24, 2.45) is 0 Å². The van der Waals surface area contributed by atoms with Crippen LogP contribution in [0.1, 0.15) is 12.5 Å². The number of ether oxygens (including phenoxy) is 3. The molecular formula is C19H18F3NO5. The number of amides is 1. The molecule has 0 aromatic heterocycles. The third kappa shape index (κ3) is 5.63. The predicted molar refractivity (Wildman–Crippen MR) is 94.1 cm³/mol. The largest absolute Gasteiger partial charge is 0.493 e. The summed E-state index contributed by atoms with van der Waals surface area (Å²) >= 11 is 0. The molecule has 2 aromatic rings. The van der Waals surface area contributed by atoms with Crippen LogP contribution in [0.3, 0.4) is 0 Å². The van der Waals surface area contributed by atoms with Gasteiger partial charge in [-0.3, -0.25) is 4.79 Å². The summed E-state index contributed by atoms with van der Waals surface area (Å²) in [5, 5.41) is 2.12. The summed E-state index contributed by atoms with van der Waals surface area (Å²) in [5.74, 6) is -1.05. The summed E-state index contributed by atoms with van der Waals surface area (Å²) in [6.45, 7) is 0.740. The zero-order valence-electron chi connectivity index (χ0n) is 15.1. The number of carbonyl (C=O) groups is 2. The van der Waals surface area contributed by atoms with Crippen molar-refractivity contribution in [2.45, 2.75) is 19.2 Å². The maximum Gasteiger partial charge on any atom is 0.418 e. The molecule has 1 unspecified atom stereocenters. The number of nitrogens with one attached hydrogen (secondary N) is 1. The number of para-hydroxylation sites is 3. The van der Waals surface area contributed by atoms with Crippen LogP contribution in [-0.2, 0) is 20.5 Å². The van der Waals surface area contributed by atoms with Gasteiger partial charge in [0.15, 0.2) is 24.2 Å². The first-order chi connectivity index (χ1) is 13.2. The highest BCUT2D eigenvalue weighted by Crippen LogP contribution is 2.34. The third-order valence-electron chi connectivity index (χ3n) is 3.58. The molecule has 0 bridgehead atoms. The zero-order valence-corrected chi connectivity index (χ0v) is 15.1. The zero-order chi connectivity index (χ0) is 20.7. The van der Waals surface area contributed by atoms with Crippen molar-refractivity contribution in [3.63, 3.8) is 0 Å². The van der Waals surface area contributed by atoms with Gasteiger partial charge in [0.2, 0.25) is 0 Å². The molecule has 0 aliphatic rings. The Morgan fingerprint density at radius 1 is 1.04 bits per heavy atom. The van der Waals surface area contributed by atoms with Gasteiger partial charge in [0.1, 0.15) is 0 Å². The van der Waals surface area contributed by atoms with E-state index in [4.69, 9.17) is 14.2 Å². The summed E-state index contributed by atoms with van der Waals surface area (Å²) in [4.78, 5) is 23.9. The van der Waals surface area contributed by atoms with E-state index in [1.165, 1.54) is 26.2 Å². The molecule has 2 rings (SSSR count). The van der Waals surface area contributed by atoms with E-state index in [0.29, 0.717) is 11.5 Å². The quantitative estimate of drug-likeness (QED) is 0.722. The number of carbonyl (C=O) groups excluding carboxylic acids is 2. The second kappa shape index (κ2) is 9.12. The molecular weight excluding hydrogens is 379 g/mol. The van der Waals surface area contributed by atoms with E-state index in [-0.39, 0.29) is 0 Å². The van der Waals surface area contributed by atoms with Crippen molar-refractivity contribution in [2.75, 3.05) is 19.0 Å². The van der Waals surface area contributed by atoms with Gasteiger partial charge in [0, 0.05) is 0 Å². The number of anilines is 1. The van der Waals surface area contributed by atoms with Crippen molar-refractivity contribution in [3.05, 3.63) is 54.1 Å². The minimum atomic E-state index is -4.63. The van der Waals surface area contributed by atoms with Gasteiger partial charge in [-0.15, -0.1) is 0 Å². The third-order valence-corrected chi connectivity index (χ3v) is 3.58. The van der Waals surface area contributed by atoms with Crippen LogP contribution in [0, 0.1) is 0 Å². The molecule has 0 aliphatic heterocycles. The van der Waals surface area contributed by atoms with Gasteiger partial charge in [0.25, 0.3) is 5.91 Å². The van der Waals surface area contributed by atoms with Crippen molar-refractivity contribution in [3.8, 4) is 11.5 Å².